The van der Waals surface area contributed by atoms with E-state index >= 15 is 0 Å². The molecule has 8 nitrogen and oxygen atoms in total. The van der Waals surface area contributed by atoms with Crippen LogP contribution in [0.5, 0.6) is 0 Å². The monoisotopic (exact) mass is 386 g/mol. The van der Waals surface area contributed by atoms with Gasteiger partial charge in [0, 0.05) is 17.8 Å². The molecule has 1 spiro atoms. The van der Waals surface area contributed by atoms with Crippen molar-refractivity contribution in [2.45, 2.75) is 26.2 Å². The molecule has 8 heteroatoms. The Labute approximate surface area is 162 Å². The summed E-state index contributed by atoms with van der Waals surface area (Å²) >= 11 is 0. The summed E-state index contributed by atoms with van der Waals surface area (Å²) in [6.45, 7) is 5.39. The third kappa shape index (κ3) is 2.41. The van der Waals surface area contributed by atoms with Gasteiger partial charge in [0.2, 0.25) is 11.8 Å². The molecule has 1 aromatic rings. The smallest absolute Gasteiger partial charge is 0.340 e. The van der Waals surface area contributed by atoms with E-state index in [9.17, 15) is 14.4 Å². The van der Waals surface area contributed by atoms with Crippen LogP contribution < -0.4 is 10.6 Å². The molecule has 1 amide bonds. The number of hydrogen-bond donors (Lipinski definition) is 1. The average Bonchev–Trinajstić information content (AvgIpc) is 2.90. The van der Waals surface area contributed by atoms with Crippen molar-refractivity contribution in [2.75, 3.05) is 25.2 Å². The number of rotatable bonds is 4. The lowest BCUT2D eigenvalue weighted by Crippen LogP contribution is -2.50. The first-order chi connectivity index (χ1) is 13.4. The standard InChI is InChI=1S/C20H22N2O6/c1-5-22-13-10-8-7-9-12(13)20(19(22)25)14(18(24)27-6-2)11(3)28-16(21)15(20)17(23)26-4/h7-10H,5-6,21H2,1-4H3. The molecular weight excluding hydrogens is 364 g/mol. The number of carbonyl (C=O) groups is 3. The van der Waals surface area contributed by atoms with Gasteiger partial charge in [0.25, 0.3) is 0 Å². The van der Waals surface area contributed by atoms with Crippen molar-refractivity contribution in [3.8, 4) is 0 Å². The molecule has 0 radical (unpaired) electrons. The number of fused-ring (bicyclic) bond motifs is 2. The maximum Gasteiger partial charge on any atom is 0.340 e. The molecule has 0 fully saturated rings. The highest BCUT2D eigenvalue weighted by Gasteiger charge is 2.63. The van der Waals surface area contributed by atoms with Gasteiger partial charge in [-0.3, -0.25) is 4.79 Å². The molecule has 1 aromatic carbocycles. The minimum absolute atomic E-state index is 0.0719. The van der Waals surface area contributed by atoms with E-state index in [0.29, 0.717) is 17.8 Å². The first kappa shape index (κ1) is 19.5. The zero-order valence-electron chi connectivity index (χ0n) is 16.2. The molecule has 2 N–H and O–H groups in total. The van der Waals surface area contributed by atoms with E-state index in [1.807, 2.05) is 0 Å². The van der Waals surface area contributed by atoms with Crippen LogP contribution in [0.1, 0.15) is 26.3 Å². The molecule has 148 valence electrons. The summed E-state index contributed by atoms with van der Waals surface area (Å²) in [5.74, 6) is -2.27. The van der Waals surface area contributed by atoms with Gasteiger partial charge in [0.15, 0.2) is 0 Å². The molecule has 1 unspecified atom stereocenters. The molecule has 0 aliphatic carbocycles. The van der Waals surface area contributed by atoms with Gasteiger partial charge in [-0.05, 0) is 26.8 Å². The number of likely N-dealkylation sites (N-methyl/N-ethyl adjacent to an activating group) is 1. The first-order valence-corrected chi connectivity index (χ1v) is 8.92. The Balaban J connectivity index is 2.45. The lowest BCUT2D eigenvalue weighted by atomic mass is 9.67. The summed E-state index contributed by atoms with van der Waals surface area (Å²) in [7, 11) is 1.18. The zero-order valence-corrected chi connectivity index (χ0v) is 16.2. The number of amides is 1. The Hall–Kier alpha value is -3.29. The number of esters is 2. The van der Waals surface area contributed by atoms with Crippen LogP contribution >= 0.6 is 0 Å². The van der Waals surface area contributed by atoms with Crippen LogP contribution in [0.2, 0.25) is 0 Å². The van der Waals surface area contributed by atoms with Crippen molar-refractivity contribution in [3.05, 3.63) is 52.6 Å². The molecule has 2 heterocycles. The normalized spacial score (nSPS) is 21.0. The van der Waals surface area contributed by atoms with Crippen molar-refractivity contribution in [1.82, 2.24) is 0 Å². The molecule has 2 aliphatic rings. The largest absolute Gasteiger partial charge is 0.465 e. The van der Waals surface area contributed by atoms with Crippen LogP contribution in [-0.4, -0.2) is 38.1 Å². The number of nitrogens with zero attached hydrogens (tertiary/aromatic N) is 1. The molecule has 0 saturated heterocycles. The number of hydrogen-bond acceptors (Lipinski definition) is 7. The number of nitrogens with two attached hydrogens (primary N) is 1. The molecule has 3 rings (SSSR count). The maximum absolute atomic E-state index is 13.7. The number of carbonyl (C=O) groups excluding carboxylic acids is 3. The third-order valence-electron chi connectivity index (χ3n) is 4.96. The van der Waals surface area contributed by atoms with Crippen molar-refractivity contribution < 1.29 is 28.6 Å². The highest BCUT2D eigenvalue weighted by molar-refractivity contribution is 6.22. The van der Waals surface area contributed by atoms with Gasteiger partial charge < -0.3 is 24.8 Å². The van der Waals surface area contributed by atoms with Crippen LogP contribution in [0.25, 0.3) is 0 Å². The molecular formula is C20H22N2O6. The lowest BCUT2D eigenvalue weighted by molar-refractivity contribution is -0.142. The van der Waals surface area contributed by atoms with Gasteiger partial charge in [-0.2, -0.15) is 0 Å². The number of benzene rings is 1. The summed E-state index contributed by atoms with van der Waals surface area (Å²) < 4.78 is 15.6. The molecule has 1 atom stereocenters. The minimum Gasteiger partial charge on any atom is -0.465 e. The summed E-state index contributed by atoms with van der Waals surface area (Å²) in [5, 5.41) is 0. The second-order valence-electron chi connectivity index (χ2n) is 6.30. The number of ether oxygens (including phenoxy) is 3. The predicted molar refractivity (Wildman–Crippen MR) is 99.8 cm³/mol. The quantitative estimate of drug-likeness (QED) is 0.781. The Morgan fingerprint density at radius 3 is 2.46 bits per heavy atom. The van der Waals surface area contributed by atoms with E-state index in [4.69, 9.17) is 19.9 Å². The number of anilines is 1. The molecule has 0 bridgehead atoms. The summed E-state index contributed by atoms with van der Waals surface area (Å²) in [5.41, 5.74) is 4.99. The zero-order chi connectivity index (χ0) is 20.6. The molecule has 2 aliphatic heterocycles. The Morgan fingerprint density at radius 1 is 1.18 bits per heavy atom. The average molecular weight is 386 g/mol. The Kier molecular flexibility index (Phi) is 4.89. The van der Waals surface area contributed by atoms with Crippen molar-refractivity contribution in [2.24, 2.45) is 5.73 Å². The van der Waals surface area contributed by atoms with Gasteiger partial charge in [-0.1, -0.05) is 18.2 Å². The van der Waals surface area contributed by atoms with Gasteiger partial charge in [0.1, 0.15) is 22.3 Å². The Bertz CT molecular complexity index is 932. The molecule has 0 aromatic heterocycles. The summed E-state index contributed by atoms with van der Waals surface area (Å²) in [6, 6.07) is 6.95. The van der Waals surface area contributed by atoms with Gasteiger partial charge in [0.05, 0.1) is 13.7 Å². The molecule has 28 heavy (non-hydrogen) atoms. The number of allylic oxidation sites excluding steroid dienone is 1. The number of para-hydroxylation sites is 1. The van der Waals surface area contributed by atoms with Crippen molar-refractivity contribution in [1.29, 1.82) is 0 Å². The topological polar surface area (TPSA) is 108 Å². The van der Waals surface area contributed by atoms with Gasteiger partial charge in [-0.25, -0.2) is 9.59 Å². The number of methoxy groups -OCH3 is 1. The Morgan fingerprint density at radius 2 is 1.86 bits per heavy atom. The van der Waals surface area contributed by atoms with Crippen molar-refractivity contribution in [3.63, 3.8) is 0 Å². The summed E-state index contributed by atoms with van der Waals surface area (Å²) in [6.07, 6.45) is 0. The second kappa shape index (κ2) is 7.03. The summed E-state index contributed by atoms with van der Waals surface area (Å²) in [4.78, 5) is 40.9. The van der Waals surface area contributed by atoms with Crippen molar-refractivity contribution >= 4 is 23.5 Å². The predicted octanol–water partition coefficient (Wildman–Crippen LogP) is 1.50. The maximum atomic E-state index is 13.7. The van der Waals surface area contributed by atoms with E-state index < -0.39 is 23.3 Å². The fourth-order valence-electron chi connectivity index (χ4n) is 3.95. The van der Waals surface area contributed by atoms with E-state index in [0.717, 1.165) is 0 Å². The van der Waals surface area contributed by atoms with Crippen LogP contribution in [0.3, 0.4) is 0 Å². The van der Waals surface area contributed by atoms with Gasteiger partial charge >= 0.3 is 11.9 Å². The fraction of sp³-hybridized carbons (Fsp3) is 0.350. The van der Waals surface area contributed by atoms with E-state index in [1.54, 1.807) is 38.1 Å². The SMILES string of the molecule is CCOC(=O)C1=C(C)OC(N)=C(C(=O)OC)C12C(=O)N(CC)c1ccccc12. The highest BCUT2D eigenvalue weighted by Crippen LogP contribution is 2.54. The fourth-order valence-corrected chi connectivity index (χ4v) is 3.95. The van der Waals surface area contributed by atoms with E-state index in [-0.39, 0.29) is 29.4 Å². The molecule has 0 saturated carbocycles. The lowest BCUT2D eigenvalue weighted by Gasteiger charge is -2.36. The highest BCUT2D eigenvalue weighted by atomic mass is 16.5. The van der Waals surface area contributed by atoms with Crippen LogP contribution in [0.4, 0.5) is 5.69 Å². The first-order valence-electron chi connectivity index (χ1n) is 8.92. The van der Waals surface area contributed by atoms with E-state index in [2.05, 4.69) is 0 Å². The van der Waals surface area contributed by atoms with Crippen LogP contribution in [0.15, 0.2) is 47.1 Å². The van der Waals surface area contributed by atoms with Crippen LogP contribution in [-0.2, 0) is 34.0 Å². The second-order valence-corrected chi connectivity index (χ2v) is 6.30. The van der Waals surface area contributed by atoms with E-state index in [1.165, 1.54) is 18.9 Å². The van der Waals surface area contributed by atoms with Gasteiger partial charge in [-0.15, -0.1) is 0 Å². The van der Waals surface area contributed by atoms with Crippen LogP contribution in [0, 0.1) is 0 Å². The minimum atomic E-state index is -1.79. The third-order valence-corrected chi connectivity index (χ3v) is 4.96.